The van der Waals surface area contributed by atoms with Gasteiger partial charge in [-0.15, -0.1) is 0 Å². The SMILES string of the molecule is CC(C)=CN(C(=O)NC=O)C1CCC(CO)O1. The van der Waals surface area contributed by atoms with Gasteiger partial charge >= 0.3 is 6.03 Å². The summed E-state index contributed by atoms with van der Waals surface area (Å²) in [6.45, 7) is 3.63. The van der Waals surface area contributed by atoms with Crippen LogP contribution in [0.15, 0.2) is 11.8 Å². The number of rotatable bonds is 4. The summed E-state index contributed by atoms with van der Waals surface area (Å²) in [6.07, 6.45) is 2.64. The molecule has 0 aliphatic carbocycles. The second-order valence-corrected chi connectivity index (χ2v) is 4.15. The molecule has 96 valence electrons. The molecule has 2 N–H and O–H groups in total. The molecule has 0 saturated carbocycles. The largest absolute Gasteiger partial charge is 0.394 e. The molecule has 2 atom stereocenters. The average molecular weight is 242 g/mol. The van der Waals surface area contributed by atoms with Gasteiger partial charge in [0.05, 0.1) is 12.7 Å². The highest BCUT2D eigenvalue weighted by molar-refractivity contribution is 5.85. The number of ether oxygens (including phenoxy) is 1. The Balaban J connectivity index is 2.73. The highest BCUT2D eigenvalue weighted by Crippen LogP contribution is 2.23. The zero-order valence-electron chi connectivity index (χ0n) is 10.0. The van der Waals surface area contributed by atoms with Crippen molar-refractivity contribution in [1.82, 2.24) is 10.2 Å². The standard InChI is InChI=1S/C11H18N2O4/c1-8(2)5-13(11(16)12-7-15)10-4-3-9(6-14)17-10/h5,7,9-10,14H,3-4,6H2,1-2H3,(H,12,15,16). The molecule has 1 fully saturated rings. The smallest absolute Gasteiger partial charge is 0.329 e. The maximum absolute atomic E-state index is 11.7. The molecule has 1 rings (SSSR count). The molecule has 6 nitrogen and oxygen atoms in total. The van der Waals surface area contributed by atoms with Gasteiger partial charge in [0.2, 0.25) is 6.41 Å². The summed E-state index contributed by atoms with van der Waals surface area (Å²) in [4.78, 5) is 23.3. The molecule has 1 saturated heterocycles. The number of nitrogens with zero attached hydrogens (tertiary/aromatic N) is 1. The van der Waals surface area contributed by atoms with Gasteiger partial charge in [0, 0.05) is 6.20 Å². The van der Waals surface area contributed by atoms with Crippen LogP contribution in [0.2, 0.25) is 0 Å². The van der Waals surface area contributed by atoms with Crippen molar-refractivity contribution in [3.05, 3.63) is 11.8 Å². The van der Waals surface area contributed by atoms with E-state index in [9.17, 15) is 9.59 Å². The minimum atomic E-state index is -0.523. The van der Waals surface area contributed by atoms with Crippen LogP contribution in [0.4, 0.5) is 4.79 Å². The number of urea groups is 1. The molecular formula is C11H18N2O4. The van der Waals surface area contributed by atoms with E-state index in [1.54, 1.807) is 6.20 Å². The van der Waals surface area contributed by atoms with Gasteiger partial charge in [-0.1, -0.05) is 5.57 Å². The van der Waals surface area contributed by atoms with Crippen LogP contribution < -0.4 is 5.32 Å². The minimum Gasteiger partial charge on any atom is -0.394 e. The van der Waals surface area contributed by atoms with E-state index in [1.807, 2.05) is 13.8 Å². The van der Waals surface area contributed by atoms with Gasteiger partial charge in [-0.05, 0) is 26.7 Å². The molecule has 3 amide bonds. The van der Waals surface area contributed by atoms with Crippen molar-refractivity contribution < 1.29 is 19.4 Å². The number of hydrogen-bond donors (Lipinski definition) is 2. The lowest BCUT2D eigenvalue weighted by atomic mass is 10.2. The zero-order valence-corrected chi connectivity index (χ0v) is 10.0. The minimum absolute atomic E-state index is 0.0611. The first-order valence-corrected chi connectivity index (χ1v) is 5.52. The van der Waals surface area contributed by atoms with Crippen LogP contribution in [0.3, 0.4) is 0 Å². The fourth-order valence-corrected chi connectivity index (χ4v) is 1.70. The Morgan fingerprint density at radius 3 is 2.71 bits per heavy atom. The summed E-state index contributed by atoms with van der Waals surface area (Å²) in [6, 6.07) is -0.523. The Bertz CT molecular complexity index is 313. The van der Waals surface area contributed by atoms with E-state index in [-0.39, 0.29) is 12.7 Å². The maximum Gasteiger partial charge on any atom is 0.329 e. The lowest BCUT2D eigenvalue weighted by molar-refractivity contribution is -0.109. The maximum atomic E-state index is 11.7. The normalized spacial score (nSPS) is 23.0. The number of hydrogen-bond acceptors (Lipinski definition) is 4. The summed E-state index contributed by atoms with van der Waals surface area (Å²) in [5.41, 5.74) is 0.919. The summed E-state index contributed by atoms with van der Waals surface area (Å²) in [7, 11) is 0. The van der Waals surface area contributed by atoms with E-state index in [2.05, 4.69) is 5.32 Å². The number of nitrogens with one attached hydrogen (secondary N) is 1. The van der Waals surface area contributed by atoms with Gasteiger partial charge < -0.3 is 9.84 Å². The third kappa shape index (κ3) is 3.83. The van der Waals surface area contributed by atoms with Crippen LogP contribution in [-0.4, -0.2) is 41.4 Å². The molecular weight excluding hydrogens is 224 g/mol. The number of aliphatic hydroxyl groups is 1. The molecule has 0 aromatic carbocycles. The van der Waals surface area contributed by atoms with E-state index >= 15 is 0 Å². The fraction of sp³-hybridized carbons (Fsp3) is 0.636. The van der Waals surface area contributed by atoms with E-state index in [0.29, 0.717) is 19.3 Å². The summed E-state index contributed by atoms with van der Waals surface area (Å²) < 4.78 is 5.50. The van der Waals surface area contributed by atoms with Crippen LogP contribution >= 0.6 is 0 Å². The third-order valence-electron chi connectivity index (χ3n) is 2.41. The summed E-state index contributed by atoms with van der Waals surface area (Å²) in [5.74, 6) is 0. The monoisotopic (exact) mass is 242 g/mol. The highest BCUT2D eigenvalue weighted by atomic mass is 16.5. The predicted octanol–water partition coefficient (Wildman–Crippen LogP) is 0.575. The van der Waals surface area contributed by atoms with E-state index < -0.39 is 12.3 Å². The van der Waals surface area contributed by atoms with Crippen molar-refractivity contribution in [3.63, 3.8) is 0 Å². The predicted molar refractivity (Wildman–Crippen MR) is 60.8 cm³/mol. The number of carbonyl (C=O) groups is 2. The third-order valence-corrected chi connectivity index (χ3v) is 2.41. The quantitative estimate of drug-likeness (QED) is 0.707. The second-order valence-electron chi connectivity index (χ2n) is 4.15. The number of allylic oxidation sites excluding steroid dienone is 1. The number of amides is 3. The molecule has 0 aromatic rings. The summed E-state index contributed by atoms with van der Waals surface area (Å²) >= 11 is 0. The van der Waals surface area contributed by atoms with Crippen molar-refractivity contribution in [2.45, 2.75) is 39.0 Å². The molecule has 0 spiro atoms. The molecule has 0 bridgehead atoms. The van der Waals surface area contributed by atoms with Crippen molar-refractivity contribution >= 4 is 12.4 Å². The lowest BCUT2D eigenvalue weighted by Crippen LogP contribution is -2.42. The van der Waals surface area contributed by atoms with Crippen molar-refractivity contribution in [3.8, 4) is 0 Å². The van der Waals surface area contributed by atoms with Crippen LogP contribution in [0.1, 0.15) is 26.7 Å². The van der Waals surface area contributed by atoms with Gasteiger partial charge in [0.1, 0.15) is 6.23 Å². The number of carbonyl (C=O) groups excluding carboxylic acids is 2. The van der Waals surface area contributed by atoms with E-state index in [0.717, 1.165) is 5.57 Å². The molecule has 0 aromatic heterocycles. The Morgan fingerprint density at radius 2 is 2.24 bits per heavy atom. The number of aliphatic hydroxyl groups excluding tert-OH is 1. The van der Waals surface area contributed by atoms with Gasteiger partial charge in [0.15, 0.2) is 0 Å². The molecule has 6 heteroatoms. The molecule has 1 heterocycles. The first-order chi connectivity index (χ1) is 8.08. The van der Waals surface area contributed by atoms with Crippen molar-refractivity contribution in [2.24, 2.45) is 0 Å². The molecule has 1 aliphatic rings. The van der Waals surface area contributed by atoms with Crippen LogP contribution in [0.25, 0.3) is 0 Å². The second kappa shape index (κ2) is 6.36. The zero-order chi connectivity index (χ0) is 12.8. The molecule has 2 unspecified atom stereocenters. The molecule has 0 radical (unpaired) electrons. The first-order valence-electron chi connectivity index (χ1n) is 5.52. The average Bonchev–Trinajstić information content (AvgIpc) is 2.74. The van der Waals surface area contributed by atoms with Gasteiger partial charge in [-0.2, -0.15) is 0 Å². The van der Waals surface area contributed by atoms with E-state index in [1.165, 1.54) is 4.90 Å². The van der Waals surface area contributed by atoms with Crippen LogP contribution in [0.5, 0.6) is 0 Å². The van der Waals surface area contributed by atoms with Gasteiger partial charge in [-0.3, -0.25) is 15.0 Å². The Hall–Kier alpha value is -1.40. The highest BCUT2D eigenvalue weighted by Gasteiger charge is 2.31. The topological polar surface area (TPSA) is 78.9 Å². The van der Waals surface area contributed by atoms with Crippen LogP contribution in [0, 0.1) is 0 Å². The number of imide groups is 1. The van der Waals surface area contributed by atoms with Crippen molar-refractivity contribution in [1.29, 1.82) is 0 Å². The fourth-order valence-electron chi connectivity index (χ4n) is 1.70. The Labute approximate surface area is 100 Å². The Kier molecular flexibility index (Phi) is 5.11. The van der Waals surface area contributed by atoms with Gasteiger partial charge in [-0.25, -0.2) is 4.79 Å². The van der Waals surface area contributed by atoms with Crippen molar-refractivity contribution in [2.75, 3.05) is 6.61 Å². The Morgan fingerprint density at radius 1 is 1.53 bits per heavy atom. The van der Waals surface area contributed by atoms with E-state index in [4.69, 9.17) is 9.84 Å². The molecule has 17 heavy (non-hydrogen) atoms. The van der Waals surface area contributed by atoms with Gasteiger partial charge in [0.25, 0.3) is 0 Å². The van der Waals surface area contributed by atoms with Crippen LogP contribution in [-0.2, 0) is 9.53 Å². The lowest BCUT2D eigenvalue weighted by Gasteiger charge is -2.25. The first kappa shape index (κ1) is 13.7. The summed E-state index contributed by atoms with van der Waals surface area (Å²) in [5, 5.41) is 11.1. The molecule has 1 aliphatic heterocycles.